The predicted molar refractivity (Wildman–Crippen MR) is 137 cm³/mol. The third kappa shape index (κ3) is 7.29. The fraction of sp³-hybridized carbons (Fsp3) is 0.429. The lowest BCUT2D eigenvalue weighted by atomic mass is 9.92. The van der Waals surface area contributed by atoms with Crippen LogP contribution in [0, 0.1) is 11.6 Å². The summed E-state index contributed by atoms with van der Waals surface area (Å²) < 4.78 is 38.9. The fourth-order valence-electron chi connectivity index (χ4n) is 4.71. The van der Waals surface area contributed by atoms with E-state index in [1.807, 2.05) is 12.1 Å². The molecule has 1 fully saturated rings. The summed E-state index contributed by atoms with van der Waals surface area (Å²) >= 11 is 0. The number of hydrogen-bond donors (Lipinski definition) is 3. The second-order valence-electron chi connectivity index (χ2n) is 9.26. The number of benzene rings is 1. The summed E-state index contributed by atoms with van der Waals surface area (Å²) in [5, 5.41) is 22.8. The zero-order valence-electron chi connectivity index (χ0n) is 20.8. The molecule has 3 N–H and O–H groups in total. The van der Waals surface area contributed by atoms with Gasteiger partial charge in [0.15, 0.2) is 0 Å². The Morgan fingerprint density at radius 2 is 2.08 bits per heavy atom. The van der Waals surface area contributed by atoms with E-state index < -0.39 is 17.7 Å². The van der Waals surface area contributed by atoms with Gasteiger partial charge in [-0.1, -0.05) is 12.2 Å². The van der Waals surface area contributed by atoms with Crippen molar-refractivity contribution in [3.8, 4) is 5.88 Å². The first-order valence-electron chi connectivity index (χ1n) is 12.5. The first-order valence-corrected chi connectivity index (χ1v) is 12.5. The fourth-order valence-corrected chi connectivity index (χ4v) is 4.71. The Morgan fingerprint density at radius 3 is 2.89 bits per heavy atom. The van der Waals surface area contributed by atoms with Gasteiger partial charge in [-0.25, -0.2) is 13.8 Å². The minimum absolute atomic E-state index is 0.0142. The van der Waals surface area contributed by atoms with Crippen molar-refractivity contribution in [2.45, 2.75) is 56.5 Å². The molecule has 4 atom stereocenters. The standard InChI is InChI=1S/C28H33F2N3O4/c1-36-27-11-10-25-28(33-27)18(12-14-32-25)4-6-22-7-9-24(26(37-22)16-21(35)17-34)31-13-2-3-19-15-20(29)5-8-23(19)30/h2-3,5,8,10-12,14-15,21-22,24,26,31,34-35H,4,6-7,9,13,16-17H2,1H3/t21-,22+,24+,26+/m0/s1. The average molecular weight is 514 g/mol. The minimum atomic E-state index is -0.884. The van der Waals surface area contributed by atoms with E-state index in [0.717, 1.165) is 60.5 Å². The predicted octanol–water partition coefficient (Wildman–Crippen LogP) is 3.81. The summed E-state index contributed by atoms with van der Waals surface area (Å²) in [5.41, 5.74) is 2.87. The van der Waals surface area contributed by atoms with Gasteiger partial charge in [-0.2, -0.15) is 0 Å². The maximum atomic E-state index is 13.8. The molecule has 1 aliphatic rings. The third-order valence-electron chi connectivity index (χ3n) is 6.67. The van der Waals surface area contributed by atoms with Crippen LogP contribution in [0.1, 0.15) is 36.8 Å². The zero-order valence-corrected chi connectivity index (χ0v) is 20.8. The van der Waals surface area contributed by atoms with Gasteiger partial charge in [-0.05, 0) is 61.6 Å². The van der Waals surface area contributed by atoms with Gasteiger partial charge in [0.05, 0.1) is 43.1 Å². The number of rotatable bonds is 11. The molecule has 0 amide bonds. The van der Waals surface area contributed by atoms with Crippen molar-refractivity contribution in [1.82, 2.24) is 15.3 Å². The second-order valence-corrected chi connectivity index (χ2v) is 9.26. The molecule has 0 aliphatic carbocycles. The van der Waals surface area contributed by atoms with Crippen LogP contribution in [0.2, 0.25) is 0 Å². The molecule has 0 radical (unpaired) electrons. The monoisotopic (exact) mass is 513 g/mol. The number of pyridine rings is 2. The third-order valence-corrected chi connectivity index (χ3v) is 6.67. The van der Waals surface area contributed by atoms with Crippen LogP contribution in [0.15, 0.2) is 48.7 Å². The number of hydrogen-bond acceptors (Lipinski definition) is 7. The second kappa shape index (κ2) is 13.0. The van der Waals surface area contributed by atoms with Crippen LogP contribution in [-0.4, -0.2) is 64.8 Å². The molecule has 2 aromatic heterocycles. The van der Waals surface area contributed by atoms with Gasteiger partial charge in [0.1, 0.15) is 11.6 Å². The van der Waals surface area contributed by atoms with Gasteiger partial charge in [-0.3, -0.25) is 4.98 Å². The van der Waals surface area contributed by atoms with Gasteiger partial charge in [0.25, 0.3) is 0 Å². The Bertz CT molecular complexity index is 1210. The maximum Gasteiger partial charge on any atom is 0.213 e. The largest absolute Gasteiger partial charge is 0.481 e. The van der Waals surface area contributed by atoms with Crippen LogP contribution in [-0.2, 0) is 11.2 Å². The molecular weight excluding hydrogens is 480 g/mol. The Hall–Kier alpha value is -2.98. The van der Waals surface area contributed by atoms with Gasteiger partial charge in [-0.15, -0.1) is 0 Å². The minimum Gasteiger partial charge on any atom is -0.481 e. The van der Waals surface area contributed by atoms with Crippen molar-refractivity contribution in [2.75, 3.05) is 20.3 Å². The summed E-state index contributed by atoms with van der Waals surface area (Å²) in [6, 6.07) is 8.93. The number of methoxy groups -OCH3 is 1. The van der Waals surface area contributed by atoms with Crippen LogP contribution in [0.5, 0.6) is 5.88 Å². The lowest BCUT2D eigenvalue weighted by Gasteiger charge is -2.38. The highest BCUT2D eigenvalue weighted by Gasteiger charge is 2.32. The molecule has 3 heterocycles. The SMILES string of the molecule is COc1ccc2nccc(CC[C@@H]3CC[C@@H](NCC=Cc4cc(F)ccc4F)[C@@H](C[C@H](O)CO)O3)c2n1. The number of halogens is 2. The van der Waals surface area contributed by atoms with Crippen LogP contribution in [0.4, 0.5) is 8.78 Å². The number of ether oxygens (including phenoxy) is 2. The normalized spacial score (nSPS) is 20.9. The summed E-state index contributed by atoms with van der Waals surface area (Å²) in [6.45, 7) is 0.0867. The topological polar surface area (TPSA) is 96.7 Å². The Morgan fingerprint density at radius 1 is 1.22 bits per heavy atom. The van der Waals surface area contributed by atoms with Gasteiger partial charge >= 0.3 is 0 Å². The van der Waals surface area contributed by atoms with E-state index >= 15 is 0 Å². The van der Waals surface area contributed by atoms with E-state index in [1.165, 1.54) is 6.08 Å². The zero-order chi connectivity index (χ0) is 26.2. The molecule has 1 aliphatic heterocycles. The van der Waals surface area contributed by atoms with Crippen molar-refractivity contribution in [3.05, 3.63) is 71.4 Å². The molecule has 1 aromatic carbocycles. The number of aromatic nitrogens is 2. The van der Waals surface area contributed by atoms with Gasteiger partial charge in [0, 0.05) is 36.8 Å². The van der Waals surface area contributed by atoms with E-state index in [0.29, 0.717) is 18.8 Å². The Balaban J connectivity index is 1.36. The molecule has 0 unspecified atom stereocenters. The molecule has 1 saturated heterocycles. The highest BCUT2D eigenvalue weighted by molar-refractivity contribution is 5.78. The quantitative estimate of drug-likeness (QED) is 0.359. The van der Waals surface area contributed by atoms with E-state index in [4.69, 9.17) is 9.47 Å². The number of aliphatic hydroxyl groups is 2. The van der Waals surface area contributed by atoms with Crippen molar-refractivity contribution in [1.29, 1.82) is 0 Å². The first-order chi connectivity index (χ1) is 18.0. The summed E-state index contributed by atoms with van der Waals surface area (Å²) in [7, 11) is 1.58. The average Bonchev–Trinajstić information content (AvgIpc) is 2.92. The molecule has 7 nitrogen and oxygen atoms in total. The molecular formula is C28H33F2N3O4. The van der Waals surface area contributed by atoms with Crippen LogP contribution < -0.4 is 10.1 Å². The highest BCUT2D eigenvalue weighted by atomic mass is 19.1. The lowest BCUT2D eigenvalue weighted by molar-refractivity contribution is -0.0917. The number of aliphatic hydroxyl groups excluding tert-OH is 2. The van der Waals surface area contributed by atoms with E-state index in [1.54, 1.807) is 25.4 Å². The van der Waals surface area contributed by atoms with Crippen LogP contribution >= 0.6 is 0 Å². The molecule has 37 heavy (non-hydrogen) atoms. The van der Waals surface area contributed by atoms with Crippen molar-refractivity contribution >= 4 is 17.1 Å². The number of nitrogens with zero attached hydrogens (tertiary/aromatic N) is 2. The number of nitrogens with one attached hydrogen (secondary N) is 1. The molecule has 9 heteroatoms. The molecule has 3 aromatic rings. The van der Waals surface area contributed by atoms with Crippen molar-refractivity contribution < 1.29 is 28.5 Å². The van der Waals surface area contributed by atoms with Crippen molar-refractivity contribution in [2.24, 2.45) is 0 Å². The van der Waals surface area contributed by atoms with Gasteiger partial charge < -0.3 is 25.0 Å². The molecule has 4 rings (SSSR count). The first kappa shape index (κ1) is 27.1. The Labute approximate surface area is 215 Å². The van der Waals surface area contributed by atoms with E-state index in [2.05, 4.69) is 15.3 Å². The van der Waals surface area contributed by atoms with Crippen LogP contribution in [0.25, 0.3) is 17.1 Å². The molecule has 198 valence electrons. The highest BCUT2D eigenvalue weighted by Crippen LogP contribution is 2.27. The smallest absolute Gasteiger partial charge is 0.213 e. The molecule has 0 spiro atoms. The summed E-state index contributed by atoms with van der Waals surface area (Å²) in [4.78, 5) is 8.95. The lowest BCUT2D eigenvalue weighted by Crippen LogP contribution is -2.49. The molecule has 0 saturated carbocycles. The van der Waals surface area contributed by atoms with E-state index in [9.17, 15) is 19.0 Å². The van der Waals surface area contributed by atoms with E-state index in [-0.39, 0.29) is 30.4 Å². The summed E-state index contributed by atoms with van der Waals surface area (Å²) in [6.07, 6.45) is 7.31. The van der Waals surface area contributed by atoms with Crippen LogP contribution in [0.3, 0.4) is 0 Å². The Kier molecular flexibility index (Phi) is 9.51. The number of aryl methyl sites for hydroxylation is 1. The molecule has 0 bridgehead atoms. The van der Waals surface area contributed by atoms with Crippen molar-refractivity contribution in [3.63, 3.8) is 0 Å². The number of fused-ring (bicyclic) bond motifs is 1. The summed E-state index contributed by atoms with van der Waals surface area (Å²) in [5.74, 6) is -0.439. The maximum absolute atomic E-state index is 13.8. The van der Waals surface area contributed by atoms with Gasteiger partial charge in [0.2, 0.25) is 5.88 Å².